The van der Waals surface area contributed by atoms with Crippen molar-refractivity contribution in [2.24, 2.45) is 11.3 Å². The Kier molecular flexibility index (Phi) is 6.75. The fraction of sp³-hybridized carbons (Fsp3) is 0.955. The number of likely N-dealkylation sites (tertiary alicyclic amines) is 1. The smallest absolute Gasteiger partial charge is 0.316 e. The highest BCUT2D eigenvalue weighted by atomic mass is 16.5. The van der Waals surface area contributed by atoms with Gasteiger partial charge in [-0.25, -0.2) is 0 Å². The fourth-order valence-corrected chi connectivity index (χ4v) is 6.15. The highest BCUT2D eigenvalue weighted by molar-refractivity contribution is 5.79. The number of carbonyl (C=O) groups is 1. The molecule has 162 valence electrons. The van der Waals surface area contributed by atoms with Gasteiger partial charge in [0.25, 0.3) is 0 Å². The van der Waals surface area contributed by atoms with Crippen LogP contribution in [-0.4, -0.2) is 71.7 Å². The number of rotatable bonds is 7. The number of nitrogens with zero attached hydrogens (tertiary/aromatic N) is 1. The van der Waals surface area contributed by atoms with Crippen molar-refractivity contribution in [1.29, 1.82) is 0 Å². The van der Waals surface area contributed by atoms with Crippen LogP contribution < -0.4 is 0 Å². The van der Waals surface area contributed by atoms with Gasteiger partial charge in [0.2, 0.25) is 0 Å². The lowest BCUT2D eigenvalue weighted by Gasteiger charge is -2.59. The number of methoxy groups -OCH3 is 1. The quantitative estimate of drug-likeness (QED) is 0.643. The second kappa shape index (κ2) is 8.58. The Morgan fingerprint density at radius 2 is 1.89 bits per heavy atom. The molecule has 28 heavy (non-hydrogen) atoms. The summed E-state index contributed by atoms with van der Waals surface area (Å²) in [5.74, 6) is -0.212. The zero-order valence-corrected chi connectivity index (χ0v) is 17.9. The van der Waals surface area contributed by atoms with Gasteiger partial charge < -0.3 is 24.6 Å². The number of fused-ring (bicyclic) bond motifs is 2. The summed E-state index contributed by atoms with van der Waals surface area (Å²) in [6, 6.07) is 0. The van der Waals surface area contributed by atoms with E-state index in [9.17, 15) is 15.0 Å². The molecule has 1 saturated heterocycles. The van der Waals surface area contributed by atoms with Crippen molar-refractivity contribution in [1.82, 2.24) is 4.90 Å². The molecule has 0 aromatic carbocycles. The van der Waals surface area contributed by atoms with Crippen LogP contribution in [0.25, 0.3) is 0 Å². The van der Waals surface area contributed by atoms with E-state index in [0.717, 1.165) is 45.2 Å². The van der Waals surface area contributed by atoms with E-state index in [1.165, 1.54) is 0 Å². The van der Waals surface area contributed by atoms with Crippen molar-refractivity contribution in [3.63, 3.8) is 0 Å². The van der Waals surface area contributed by atoms with Crippen molar-refractivity contribution in [2.45, 2.75) is 88.9 Å². The number of ether oxygens (including phenoxy) is 2. The predicted molar refractivity (Wildman–Crippen MR) is 107 cm³/mol. The summed E-state index contributed by atoms with van der Waals surface area (Å²) >= 11 is 0. The largest absolute Gasteiger partial charge is 0.465 e. The van der Waals surface area contributed by atoms with Gasteiger partial charge in [-0.3, -0.25) is 4.79 Å². The van der Waals surface area contributed by atoms with Gasteiger partial charge in [-0.15, -0.1) is 0 Å². The molecule has 5 atom stereocenters. The minimum Gasteiger partial charge on any atom is -0.465 e. The Balaban J connectivity index is 1.84. The average molecular weight is 398 g/mol. The molecule has 1 aliphatic heterocycles. The maximum Gasteiger partial charge on any atom is 0.316 e. The summed E-state index contributed by atoms with van der Waals surface area (Å²) in [6.45, 7) is 6.49. The summed E-state index contributed by atoms with van der Waals surface area (Å²) in [7, 11) is 1.70. The summed E-state index contributed by atoms with van der Waals surface area (Å²) in [6.07, 6.45) is 6.82. The van der Waals surface area contributed by atoms with Crippen molar-refractivity contribution in [3.8, 4) is 0 Å². The Labute approximate surface area is 169 Å². The van der Waals surface area contributed by atoms with Gasteiger partial charge >= 0.3 is 5.97 Å². The van der Waals surface area contributed by atoms with E-state index in [-0.39, 0.29) is 18.0 Å². The highest BCUT2D eigenvalue weighted by Gasteiger charge is 2.64. The number of esters is 1. The summed E-state index contributed by atoms with van der Waals surface area (Å²) in [5, 5.41) is 23.2. The van der Waals surface area contributed by atoms with Crippen LogP contribution in [0.1, 0.15) is 71.6 Å². The van der Waals surface area contributed by atoms with Gasteiger partial charge in [-0.05, 0) is 58.4 Å². The lowest BCUT2D eigenvalue weighted by molar-refractivity contribution is -0.224. The molecular formula is C22H39NO5. The van der Waals surface area contributed by atoms with E-state index in [1.807, 2.05) is 6.92 Å². The lowest BCUT2D eigenvalue weighted by Crippen LogP contribution is -2.70. The predicted octanol–water partition coefficient (Wildman–Crippen LogP) is 2.50. The van der Waals surface area contributed by atoms with Crippen LogP contribution in [0.15, 0.2) is 0 Å². The van der Waals surface area contributed by atoms with E-state index >= 15 is 0 Å². The van der Waals surface area contributed by atoms with E-state index in [1.54, 1.807) is 7.11 Å². The first-order valence-corrected chi connectivity index (χ1v) is 11.2. The minimum atomic E-state index is -1.11. The van der Waals surface area contributed by atoms with Crippen molar-refractivity contribution >= 4 is 5.97 Å². The molecule has 2 aliphatic carbocycles. The molecule has 0 amide bonds. The summed E-state index contributed by atoms with van der Waals surface area (Å²) in [4.78, 5) is 15.4. The van der Waals surface area contributed by atoms with Crippen LogP contribution in [0.3, 0.4) is 0 Å². The van der Waals surface area contributed by atoms with Crippen LogP contribution in [0.4, 0.5) is 0 Å². The van der Waals surface area contributed by atoms with Gasteiger partial charge in [-0.1, -0.05) is 13.3 Å². The Morgan fingerprint density at radius 1 is 1.14 bits per heavy atom. The molecule has 1 unspecified atom stereocenters. The first kappa shape index (κ1) is 22.0. The summed E-state index contributed by atoms with van der Waals surface area (Å²) < 4.78 is 11.0. The molecular weight excluding hydrogens is 358 g/mol. The van der Waals surface area contributed by atoms with Gasteiger partial charge in [0.1, 0.15) is 5.41 Å². The molecule has 1 heterocycles. The first-order valence-electron chi connectivity index (χ1n) is 11.2. The molecule has 3 fully saturated rings. The first-order chi connectivity index (χ1) is 13.3. The van der Waals surface area contributed by atoms with Gasteiger partial charge in [0, 0.05) is 32.5 Å². The van der Waals surface area contributed by atoms with Crippen molar-refractivity contribution in [3.05, 3.63) is 0 Å². The van der Waals surface area contributed by atoms with E-state index in [2.05, 4.69) is 11.8 Å². The molecule has 6 heteroatoms. The molecule has 0 spiro atoms. The molecule has 2 saturated carbocycles. The molecule has 3 aliphatic rings. The second-order valence-electron chi connectivity index (χ2n) is 9.32. The maximum atomic E-state index is 13.1. The number of hydrogen-bond donors (Lipinski definition) is 2. The molecule has 2 bridgehead atoms. The molecule has 2 N–H and O–H groups in total. The third-order valence-corrected chi connectivity index (χ3v) is 7.83. The molecule has 6 nitrogen and oxygen atoms in total. The Morgan fingerprint density at radius 3 is 2.57 bits per heavy atom. The van der Waals surface area contributed by atoms with Crippen molar-refractivity contribution < 1.29 is 24.5 Å². The normalized spacial score (nSPS) is 41.6. The van der Waals surface area contributed by atoms with Crippen LogP contribution in [-0.2, 0) is 14.3 Å². The minimum absolute atomic E-state index is 0.0461. The zero-order chi connectivity index (χ0) is 20.4. The molecule has 3 rings (SSSR count). The monoisotopic (exact) mass is 397 g/mol. The van der Waals surface area contributed by atoms with Crippen LogP contribution >= 0.6 is 0 Å². The number of piperidine rings is 1. The van der Waals surface area contributed by atoms with Gasteiger partial charge in [-0.2, -0.15) is 0 Å². The average Bonchev–Trinajstić information content (AvgIpc) is 2.67. The fourth-order valence-electron chi connectivity index (χ4n) is 6.15. The van der Waals surface area contributed by atoms with Crippen LogP contribution in [0, 0.1) is 11.3 Å². The van der Waals surface area contributed by atoms with Gasteiger partial charge in [0.15, 0.2) is 0 Å². The molecule has 0 radical (unpaired) electrons. The Bertz CT molecular complexity index is 557. The molecule has 0 aromatic heterocycles. The number of hydrogen-bond acceptors (Lipinski definition) is 6. The SMILES string of the molecule is CCOC(=O)[C@]12CCC[C@H](CN(CC)C1)C2(O)CC[C@]1(O)CCC[C@@H](OC)C1. The summed E-state index contributed by atoms with van der Waals surface area (Å²) in [5.41, 5.74) is -2.81. The van der Waals surface area contributed by atoms with E-state index < -0.39 is 16.6 Å². The Hall–Kier alpha value is -0.690. The van der Waals surface area contributed by atoms with Crippen LogP contribution in [0.5, 0.6) is 0 Å². The lowest BCUT2D eigenvalue weighted by atomic mass is 9.53. The number of carbonyl (C=O) groups excluding carboxylic acids is 1. The standard InChI is InChI=1S/C22H39NO5/c1-4-23-15-17-8-6-11-21(16-23,19(24)28-5-2)22(17,26)13-12-20(25)10-7-9-18(14-20)27-3/h17-18,25-26H,4-16H2,1-3H3/t17-,18-,20-,21+,22?/m1/s1. The number of aliphatic hydroxyl groups is 2. The van der Waals surface area contributed by atoms with E-state index in [4.69, 9.17) is 9.47 Å². The maximum absolute atomic E-state index is 13.1. The molecule has 0 aromatic rings. The second-order valence-corrected chi connectivity index (χ2v) is 9.32. The van der Waals surface area contributed by atoms with Crippen molar-refractivity contribution in [2.75, 3.05) is 33.4 Å². The third kappa shape index (κ3) is 3.85. The van der Waals surface area contributed by atoms with Crippen LogP contribution in [0.2, 0.25) is 0 Å². The third-order valence-electron chi connectivity index (χ3n) is 7.83. The zero-order valence-electron chi connectivity index (χ0n) is 17.9. The highest BCUT2D eigenvalue weighted by Crippen LogP contribution is 2.55. The van der Waals surface area contributed by atoms with Gasteiger partial charge in [0.05, 0.1) is 23.9 Å². The van der Waals surface area contributed by atoms with E-state index in [0.29, 0.717) is 38.8 Å². The topological polar surface area (TPSA) is 79.2 Å².